The average molecular weight is 512 g/mol. The third-order valence-corrected chi connectivity index (χ3v) is 7.32. The molecule has 5 aromatic rings. The van der Waals surface area contributed by atoms with E-state index in [1.54, 1.807) is 42.7 Å². The van der Waals surface area contributed by atoms with Crippen molar-refractivity contribution in [1.29, 1.82) is 0 Å². The number of hydrogen-bond acceptors (Lipinski definition) is 6. The van der Waals surface area contributed by atoms with Crippen molar-refractivity contribution in [2.45, 2.75) is 26.8 Å². The van der Waals surface area contributed by atoms with Crippen LogP contribution in [-0.2, 0) is 23.0 Å². The van der Waals surface area contributed by atoms with Gasteiger partial charge in [0.05, 0.1) is 17.9 Å². The molecule has 5 rings (SSSR count). The number of aromatic nitrogens is 4. The second-order valence-corrected chi connectivity index (χ2v) is 10.2. The monoisotopic (exact) mass is 511 g/mol. The van der Waals surface area contributed by atoms with Gasteiger partial charge >= 0.3 is 10.0 Å². The molecule has 8 nitrogen and oxygen atoms in total. The Morgan fingerprint density at radius 3 is 2.41 bits per heavy atom. The molecule has 3 heterocycles. The van der Waals surface area contributed by atoms with Gasteiger partial charge in [-0.2, -0.15) is 8.42 Å². The summed E-state index contributed by atoms with van der Waals surface area (Å²) < 4.78 is 30.1. The maximum atomic E-state index is 12.8. The summed E-state index contributed by atoms with van der Waals surface area (Å²) in [5, 5.41) is -0.999. The molecule has 0 saturated carbocycles. The van der Waals surface area contributed by atoms with E-state index < -0.39 is 15.1 Å². The first kappa shape index (κ1) is 24.3. The van der Waals surface area contributed by atoms with Crippen LogP contribution >= 0.6 is 0 Å². The first-order valence-electron chi connectivity index (χ1n) is 11.8. The highest BCUT2D eigenvalue weighted by Gasteiger charge is 2.25. The molecule has 0 fully saturated rings. The Balaban J connectivity index is 1.42. The molecular formula is C28H25N5O3S. The Morgan fingerprint density at radius 2 is 1.68 bits per heavy atom. The number of rotatable bonds is 7. The molecule has 0 atom stereocenters. The molecule has 37 heavy (non-hydrogen) atoms. The summed E-state index contributed by atoms with van der Waals surface area (Å²) in [4.78, 5) is 26.3. The van der Waals surface area contributed by atoms with E-state index in [2.05, 4.69) is 26.2 Å². The van der Waals surface area contributed by atoms with E-state index in [-0.39, 0.29) is 11.3 Å². The van der Waals surface area contributed by atoms with Crippen LogP contribution in [0.15, 0.2) is 85.2 Å². The quantitative estimate of drug-likeness (QED) is 0.330. The standard InChI is InChI=1S/C28H25N5O3S/c1-3-24-31-25-19(2)15-17-30-27(25)33(24)18-20-11-13-21(14-12-20)26-23(10-7-16-29-26)32-37(35,36)28(34)22-8-5-4-6-9-22/h4-17,32H,3,18H2,1-2H3. The highest BCUT2D eigenvalue weighted by molar-refractivity contribution is 8.07. The second kappa shape index (κ2) is 9.94. The third kappa shape index (κ3) is 4.85. The molecule has 9 heteroatoms. The lowest BCUT2D eigenvalue weighted by atomic mass is 10.1. The summed E-state index contributed by atoms with van der Waals surface area (Å²) in [6, 6.07) is 20.8. The molecule has 0 saturated heterocycles. The normalized spacial score (nSPS) is 11.5. The van der Waals surface area contributed by atoms with Crippen molar-refractivity contribution in [1.82, 2.24) is 19.5 Å². The fourth-order valence-corrected chi connectivity index (χ4v) is 5.20. The van der Waals surface area contributed by atoms with E-state index in [1.807, 2.05) is 37.3 Å². The van der Waals surface area contributed by atoms with Crippen molar-refractivity contribution >= 4 is 32.0 Å². The van der Waals surface area contributed by atoms with Crippen LogP contribution < -0.4 is 4.72 Å². The van der Waals surface area contributed by atoms with E-state index in [4.69, 9.17) is 4.98 Å². The van der Waals surface area contributed by atoms with Crippen molar-refractivity contribution in [3.63, 3.8) is 0 Å². The molecule has 2 aromatic carbocycles. The summed E-state index contributed by atoms with van der Waals surface area (Å²) in [5.74, 6) is 0.963. The fraction of sp³-hybridized carbons (Fsp3) is 0.143. The maximum absolute atomic E-state index is 12.8. The number of anilines is 1. The molecule has 3 aromatic heterocycles. The summed E-state index contributed by atoms with van der Waals surface area (Å²) in [7, 11) is -4.32. The highest BCUT2D eigenvalue weighted by Crippen LogP contribution is 2.28. The summed E-state index contributed by atoms with van der Waals surface area (Å²) in [6.07, 6.45) is 4.16. The molecule has 0 aliphatic heterocycles. The number of pyridine rings is 2. The van der Waals surface area contributed by atoms with Crippen LogP contribution in [0.5, 0.6) is 0 Å². The van der Waals surface area contributed by atoms with Gasteiger partial charge in [-0.3, -0.25) is 14.5 Å². The first-order chi connectivity index (χ1) is 17.9. The van der Waals surface area contributed by atoms with Crippen LogP contribution in [0, 0.1) is 6.92 Å². The number of carbonyl (C=O) groups is 1. The smallest absolute Gasteiger partial charge is 0.300 e. The lowest BCUT2D eigenvalue weighted by Gasteiger charge is -2.12. The average Bonchev–Trinajstić information content (AvgIpc) is 3.28. The maximum Gasteiger partial charge on any atom is 0.300 e. The van der Waals surface area contributed by atoms with E-state index in [0.29, 0.717) is 12.2 Å². The van der Waals surface area contributed by atoms with Gasteiger partial charge in [0, 0.05) is 29.9 Å². The minimum atomic E-state index is -4.32. The number of hydrogen-bond donors (Lipinski definition) is 1. The first-order valence-corrected chi connectivity index (χ1v) is 13.3. The zero-order chi connectivity index (χ0) is 26.0. The zero-order valence-electron chi connectivity index (χ0n) is 20.4. The molecule has 1 N–H and O–H groups in total. The van der Waals surface area contributed by atoms with Gasteiger partial charge in [-0.05, 0) is 36.2 Å². The Bertz CT molecular complexity index is 1700. The van der Waals surface area contributed by atoms with E-state index in [9.17, 15) is 13.2 Å². The van der Waals surface area contributed by atoms with Gasteiger partial charge in [0.25, 0.3) is 5.12 Å². The lowest BCUT2D eigenvalue weighted by Crippen LogP contribution is -2.23. The van der Waals surface area contributed by atoms with Gasteiger partial charge in [-0.1, -0.05) is 61.5 Å². The van der Waals surface area contributed by atoms with Gasteiger partial charge in [-0.15, -0.1) is 0 Å². The Morgan fingerprint density at radius 1 is 0.919 bits per heavy atom. The predicted octanol–water partition coefficient (Wildman–Crippen LogP) is 4.99. The molecule has 0 aliphatic rings. The van der Waals surface area contributed by atoms with Crippen molar-refractivity contribution < 1.29 is 13.2 Å². The number of nitrogens with one attached hydrogen (secondary N) is 1. The molecule has 0 bridgehead atoms. The largest absolute Gasteiger partial charge is 0.308 e. The Labute approximate surface area is 215 Å². The van der Waals surface area contributed by atoms with Crippen molar-refractivity contribution in [3.05, 3.63) is 108 Å². The number of aryl methyl sites for hydroxylation is 2. The van der Waals surface area contributed by atoms with Crippen LogP contribution in [-0.4, -0.2) is 33.1 Å². The fourth-order valence-electron chi connectivity index (χ4n) is 4.21. The molecule has 186 valence electrons. The number of benzene rings is 2. The molecule has 0 amide bonds. The van der Waals surface area contributed by atoms with Crippen molar-refractivity contribution in [2.75, 3.05) is 4.72 Å². The summed E-state index contributed by atoms with van der Waals surface area (Å²) >= 11 is 0. The number of carbonyl (C=O) groups excluding carboxylic acids is 1. The highest BCUT2D eigenvalue weighted by atomic mass is 32.2. The minimum Gasteiger partial charge on any atom is -0.308 e. The van der Waals surface area contributed by atoms with Gasteiger partial charge in [-0.25, -0.2) is 9.97 Å². The molecule has 0 spiro atoms. The zero-order valence-corrected chi connectivity index (χ0v) is 21.2. The van der Waals surface area contributed by atoms with E-state index in [0.717, 1.165) is 40.1 Å². The molecule has 0 unspecified atom stereocenters. The number of imidazole rings is 1. The summed E-state index contributed by atoms with van der Waals surface area (Å²) in [6.45, 7) is 4.70. The van der Waals surface area contributed by atoms with Crippen LogP contribution in [0.4, 0.5) is 5.69 Å². The van der Waals surface area contributed by atoms with E-state index in [1.165, 1.54) is 12.1 Å². The Kier molecular flexibility index (Phi) is 6.54. The van der Waals surface area contributed by atoms with Gasteiger partial charge in [0.2, 0.25) is 0 Å². The van der Waals surface area contributed by atoms with Crippen LogP contribution in [0.1, 0.15) is 34.2 Å². The van der Waals surface area contributed by atoms with Crippen LogP contribution in [0.3, 0.4) is 0 Å². The molecular weight excluding hydrogens is 486 g/mol. The van der Waals surface area contributed by atoms with Crippen LogP contribution in [0.25, 0.3) is 22.4 Å². The second-order valence-electron chi connectivity index (χ2n) is 8.62. The SMILES string of the molecule is CCc1nc2c(C)ccnc2n1Cc1ccc(-c2ncccc2NS(=O)(=O)C(=O)c2ccccc2)cc1. The topological polar surface area (TPSA) is 107 Å². The predicted molar refractivity (Wildman–Crippen MR) is 144 cm³/mol. The van der Waals surface area contributed by atoms with Crippen molar-refractivity contribution in [3.8, 4) is 11.3 Å². The minimum absolute atomic E-state index is 0.0907. The Hall–Kier alpha value is -4.37. The number of sulfonamides is 1. The third-order valence-electron chi connectivity index (χ3n) is 6.10. The van der Waals surface area contributed by atoms with E-state index >= 15 is 0 Å². The van der Waals surface area contributed by atoms with Gasteiger partial charge in [0.1, 0.15) is 11.3 Å². The van der Waals surface area contributed by atoms with Crippen LogP contribution in [0.2, 0.25) is 0 Å². The number of fused-ring (bicyclic) bond motifs is 1. The molecule has 0 radical (unpaired) electrons. The lowest BCUT2D eigenvalue weighted by molar-refractivity contribution is 0.107. The van der Waals surface area contributed by atoms with Crippen molar-refractivity contribution in [2.24, 2.45) is 0 Å². The van der Waals surface area contributed by atoms with Gasteiger partial charge < -0.3 is 4.57 Å². The van der Waals surface area contributed by atoms with Gasteiger partial charge in [0.15, 0.2) is 5.65 Å². The molecule has 0 aliphatic carbocycles. The summed E-state index contributed by atoms with van der Waals surface area (Å²) in [5.41, 5.74) is 5.36. The number of nitrogens with zero attached hydrogens (tertiary/aromatic N) is 4.